The van der Waals surface area contributed by atoms with Gasteiger partial charge in [0.15, 0.2) is 0 Å². The fourth-order valence-electron chi connectivity index (χ4n) is 1.82. The lowest BCUT2D eigenvalue weighted by Gasteiger charge is -2.17. The molecule has 0 atom stereocenters. The number of hydrogen-bond donors (Lipinski definition) is 0. The molecule has 0 saturated heterocycles. The zero-order valence-electron chi connectivity index (χ0n) is 9.58. The summed E-state index contributed by atoms with van der Waals surface area (Å²) in [4.78, 5) is 0. The van der Waals surface area contributed by atoms with Crippen LogP contribution in [0.4, 0.5) is 0 Å². The summed E-state index contributed by atoms with van der Waals surface area (Å²) < 4.78 is 5.43. The van der Waals surface area contributed by atoms with Crippen molar-refractivity contribution in [1.29, 1.82) is 0 Å². The summed E-state index contributed by atoms with van der Waals surface area (Å²) in [5.41, 5.74) is 4.40. The maximum atomic E-state index is 6.25. The first-order valence-corrected chi connectivity index (χ1v) is 5.83. The van der Waals surface area contributed by atoms with Crippen LogP contribution in [0.1, 0.15) is 22.3 Å². The molecule has 15 heavy (non-hydrogen) atoms. The Labute approximate surface area is 101 Å². The molecule has 84 valence electrons. The summed E-state index contributed by atoms with van der Waals surface area (Å²) in [5, 5.41) is 0.827. The van der Waals surface area contributed by atoms with Crippen LogP contribution in [0.3, 0.4) is 0 Å². The molecule has 0 spiro atoms. The second kappa shape index (κ2) is 5.09. The minimum atomic E-state index is 0.579. The third-order valence-electron chi connectivity index (χ3n) is 2.84. The Kier molecular flexibility index (Phi) is 4.30. The molecule has 0 amide bonds. The van der Waals surface area contributed by atoms with Crippen molar-refractivity contribution in [3.63, 3.8) is 0 Å². The van der Waals surface area contributed by atoms with Gasteiger partial charge in [0, 0.05) is 10.9 Å². The Hall–Kier alpha value is -0.400. The van der Waals surface area contributed by atoms with Crippen molar-refractivity contribution in [3.05, 3.63) is 27.3 Å². The van der Waals surface area contributed by atoms with Gasteiger partial charge in [-0.1, -0.05) is 11.6 Å². The average Bonchev–Trinajstić information content (AvgIpc) is 2.24. The van der Waals surface area contributed by atoms with Gasteiger partial charge < -0.3 is 4.74 Å². The van der Waals surface area contributed by atoms with E-state index in [1.54, 1.807) is 7.11 Å². The lowest BCUT2D eigenvalue weighted by Crippen LogP contribution is -2.02. The number of halogens is 2. The van der Waals surface area contributed by atoms with Gasteiger partial charge in [0.1, 0.15) is 5.75 Å². The summed E-state index contributed by atoms with van der Waals surface area (Å²) in [6.45, 7) is 6.05. The number of methoxy groups -OCH3 is 1. The van der Waals surface area contributed by atoms with Crippen molar-refractivity contribution in [1.82, 2.24) is 0 Å². The lowest BCUT2D eigenvalue weighted by molar-refractivity contribution is 0.406. The van der Waals surface area contributed by atoms with Gasteiger partial charge in [-0.05, 0) is 49.4 Å². The predicted molar refractivity (Wildman–Crippen MR) is 66.6 cm³/mol. The summed E-state index contributed by atoms with van der Waals surface area (Å²) in [7, 11) is 1.69. The van der Waals surface area contributed by atoms with Crippen LogP contribution < -0.4 is 4.74 Å². The van der Waals surface area contributed by atoms with Gasteiger partial charge in [-0.3, -0.25) is 0 Å². The minimum absolute atomic E-state index is 0.579. The van der Waals surface area contributed by atoms with Crippen LogP contribution >= 0.6 is 23.2 Å². The topological polar surface area (TPSA) is 9.23 Å². The van der Waals surface area contributed by atoms with Crippen LogP contribution in [0.25, 0.3) is 0 Å². The van der Waals surface area contributed by atoms with Gasteiger partial charge in [0.05, 0.1) is 7.11 Å². The standard InChI is InChI=1S/C12H16Cl2O/c1-7-8(2)12(15-4)10(5-6-13)9(3)11(7)14/h5-6H2,1-4H3. The lowest BCUT2D eigenvalue weighted by atomic mass is 9.97. The van der Waals surface area contributed by atoms with Crippen LogP contribution in [-0.2, 0) is 6.42 Å². The van der Waals surface area contributed by atoms with E-state index in [1.807, 2.05) is 20.8 Å². The van der Waals surface area contributed by atoms with Crippen molar-refractivity contribution < 1.29 is 4.74 Å². The Bertz CT molecular complexity index is 373. The number of rotatable bonds is 3. The van der Waals surface area contributed by atoms with Gasteiger partial charge in [-0.2, -0.15) is 0 Å². The van der Waals surface area contributed by atoms with Crippen LogP contribution in [0.5, 0.6) is 5.75 Å². The van der Waals surface area contributed by atoms with E-state index in [9.17, 15) is 0 Å². The number of hydrogen-bond acceptors (Lipinski definition) is 1. The molecule has 0 aliphatic heterocycles. The SMILES string of the molecule is COc1c(C)c(C)c(Cl)c(C)c1CCCl. The van der Waals surface area contributed by atoms with Crippen molar-refractivity contribution in [2.45, 2.75) is 27.2 Å². The van der Waals surface area contributed by atoms with Crippen molar-refractivity contribution in [2.24, 2.45) is 0 Å². The Balaban J connectivity index is 3.47. The highest BCUT2D eigenvalue weighted by molar-refractivity contribution is 6.32. The Morgan fingerprint density at radius 2 is 1.67 bits per heavy atom. The van der Waals surface area contributed by atoms with Crippen LogP contribution in [0.15, 0.2) is 0 Å². The van der Waals surface area contributed by atoms with E-state index < -0.39 is 0 Å². The van der Waals surface area contributed by atoms with Gasteiger partial charge in [0.2, 0.25) is 0 Å². The zero-order valence-corrected chi connectivity index (χ0v) is 11.1. The molecule has 0 unspecified atom stereocenters. The highest BCUT2D eigenvalue weighted by atomic mass is 35.5. The Morgan fingerprint density at radius 3 is 2.13 bits per heavy atom. The van der Waals surface area contributed by atoms with Gasteiger partial charge in [0.25, 0.3) is 0 Å². The van der Waals surface area contributed by atoms with E-state index in [4.69, 9.17) is 27.9 Å². The smallest absolute Gasteiger partial charge is 0.125 e. The van der Waals surface area contributed by atoms with Crippen LogP contribution in [0.2, 0.25) is 5.02 Å². The van der Waals surface area contributed by atoms with Gasteiger partial charge in [-0.15, -0.1) is 11.6 Å². The molecule has 1 rings (SSSR count). The summed E-state index contributed by atoms with van der Waals surface area (Å²) in [6.07, 6.45) is 0.789. The first kappa shape index (κ1) is 12.7. The molecule has 1 aromatic carbocycles. The van der Waals surface area contributed by atoms with Crippen molar-refractivity contribution in [3.8, 4) is 5.75 Å². The van der Waals surface area contributed by atoms with Crippen molar-refractivity contribution >= 4 is 23.2 Å². The van der Waals surface area contributed by atoms with Crippen LogP contribution in [0, 0.1) is 20.8 Å². The number of benzene rings is 1. The van der Waals surface area contributed by atoms with E-state index >= 15 is 0 Å². The third-order valence-corrected chi connectivity index (χ3v) is 3.59. The van der Waals surface area contributed by atoms with E-state index in [2.05, 4.69) is 0 Å². The first-order valence-electron chi connectivity index (χ1n) is 4.92. The largest absolute Gasteiger partial charge is 0.496 e. The molecule has 3 heteroatoms. The molecule has 0 heterocycles. The normalized spacial score (nSPS) is 10.5. The third kappa shape index (κ3) is 2.24. The zero-order chi connectivity index (χ0) is 11.6. The molecule has 0 fully saturated rings. The fourth-order valence-corrected chi connectivity index (χ4v) is 2.26. The maximum absolute atomic E-state index is 6.25. The maximum Gasteiger partial charge on any atom is 0.125 e. The van der Waals surface area contributed by atoms with Crippen molar-refractivity contribution in [2.75, 3.05) is 13.0 Å². The molecular weight excluding hydrogens is 231 g/mol. The highest BCUT2D eigenvalue weighted by Crippen LogP contribution is 2.36. The minimum Gasteiger partial charge on any atom is -0.496 e. The highest BCUT2D eigenvalue weighted by Gasteiger charge is 2.16. The summed E-state index contributed by atoms with van der Waals surface area (Å²) in [6, 6.07) is 0. The molecule has 1 aromatic rings. The first-order chi connectivity index (χ1) is 7.04. The number of alkyl halides is 1. The molecule has 0 N–H and O–H groups in total. The molecule has 1 nitrogen and oxygen atoms in total. The van der Waals surface area contributed by atoms with E-state index in [-0.39, 0.29) is 0 Å². The molecule has 0 aromatic heterocycles. The summed E-state index contributed by atoms with van der Waals surface area (Å²) >= 11 is 12.0. The molecule has 0 saturated carbocycles. The van der Waals surface area contributed by atoms with E-state index in [0.717, 1.165) is 39.4 Å². The Morgan fingerprint density at radius 1 is 1.07 bits per heavy atom. The van der Waals surface area contributed by atoms with Gasteiger partial charge >= 0.3 is 0 Å². The molecule has 0 radical (unpaired) electrons. The van der Waals surface area contributed by atoms with Crippen LogP contribution in [-0.4, -0.2) is 13.0 Å². The number of ether oxygens (including phenoxy) is 1. The van der Waals surface area contributed by atoms with Gasteiger partial charge in [-0.25, -0.2) is 0 Å². The fraction of sp³-hybridized carbons (Fsp3) is 0.500. The van der Waals surface area contributed by atoms with E-state index in [0.29, 0.717) is 5.88 Å². The van der Waals surface area contributed by atoms with E-state index in [1.165, 1.54) is 0 Å². The quantitative estimate of drug-likeness (QED) is 0.732. The second-order valence-electron chi connectivity index (χ2n) is 3.64. The molecular formula is C12H16Cl2O. The molecule has 0 aliphatic rings. The average molecular weight is 247 g/mol. The monoisotopic (exact) mass is 246 g/mol. The predicted octanol–water partition coefficient (Wildman–Crippen LogP) is 4.06. The molecule has 0 bridgehead atoms. The summed E-state index contributed by atoms with van der Waals surface area (Å²) in [5.74, 6) is 1.51. The molecule has 0 aliphatic carbocycles. The second-order valence-corrected chi connectivity index (χ2v) is 4.40.